The van der Waals surface area contributed by atoms with E-state index in [-0.39, 0.29) is 5.84 Å². The molecule has 0 aliphatic heterocycles. The molecule has 1 heterocycles. The Morgan fingerprint density at radius 2 is 2.50 bits per heavy atom. The lowest BCUT2D eigenvalue weighted by Gasteiger charge is -1.85. The smallest absolute Gasteiger partial charge is 0.133 e. The maximum atomic E-state index is 8.38. The van der Waals surface area contributed by atoms with Crippen LogP contribution in [-0.4, -0.2) is 5.84 Å². The summed E-state index contributed by atoms with van der Waals surface area (Å²) < 4.78 is 0. The van der Waals surface area contributed by atoms with Crippen LogP contribution in [0.1, 0.15) is 10.4 Å². The molecule has 0 amide bonds. The van der Waals surface area contributed by atoms with E-state index in [4.69, 9.17) is 16.4 Å². The third kappa shape index (κ3) is 1.14. The van der Waals surface area contributed by atoms with Gasteiger partial charge in [-0.05, 0) is 6.07 Å². The van der Waals surface area contributed by atoms with E-state index >= 15 is 0 Å². The van der Waals surface area contributed by atoms with Crippen LogP contribution in [0.15, 0.2) is 11.4 Å². The highest BCUT2D eigenvalue weighted by Crippen LogP contribution is 2.12. The number of nitriles is 1. The van der Waals surface area contributed by atoms with E-state index in [0.29, 0.717) is 10.4 Å². The zero-order valence-electron chi connectivity index (χ0n) is 5.09. The van der Waals surface area contributed by atoms with Crippen LogP contribution >= 0.6 is 11.3 Å². The van der Waals surface area contributed by atoms with E-state index in [0.717, 1.165) is 0 Å². The highest BCUT2D eigenvalue weighted by Gasteiger charge is 1.99. The fraction of sp³-hybridized carbons (Fsp3) is 0. The van der Waals surface area contributed by atoms with Crippen LogP contribution in [0, 0.1) is 16.7 Å². The molecule has 10 heavy (non-hydrogen) atoms. The lowest BCUT2D eigenvalue weighted by atomic mass is 10.3. The summed E-state index contributed by atoms with van der Waals surface area (Å²) in [6, 6.07) is 3.56. The molecule has 0 atom stereocenters. The van der Waals surface area contributed by atoms with E-state index in [9.17, 15) is 0 Å². The molecular formula is C6H5N3S. The Morgan fingerprint density at radius 1 is 1.80 bits per heavy atom. The number of rotatable bonds is 1. The van der Waals surface area contributed by atoms with E-state index in [1.165, 1.54) is 11.3 Å². The number of nitrogen functional groups attached to an aromatic ring is 1. The van der Waals surface area contributed by atoms with E-state index in [1.807, 2.05) is 6.07 Å². The minimum Gasteiger partial charge on any atom is -0.383 e. The van der Waals surface area contributed by atoms with Gasteiger partial charge in [-0.2, -0.15) is 5.26 Å². The highest BCUT2D eigenvalue weighted by molar-refractivity contribution is 7.12. The molecule has 0 bridgehead atoms. The van der Waals surface area contributed by atoms with Gasteiger partial charge in [-0.1, -0.05) is 0 Å². The average molecular weight is 151 g/mol. The lowest BCUT2D eigenvalue weighted by Crippen LogP contribution is -2.08. The first kappa shape index (κ1) is 6.78. The molecule has 3 nitrogen and oxygen atoms in total. The Hall–Kier alpha value is -1.34. The summed E-state index contributed by atoms with van der Waals surface area (Å²) in [5.74, 6) is 0.0199. The predicted molar refractivity (Wildman–Crippen MR) is 40.1 cm³/mol. The fourth-order valence-corrected chi connectivity index (χ4v) is 1.23. The van der Waals surface area contributed by atoms with Gasteiger partial charge in [0.05, 0.1) is 10.4 Å². The van der Waals surface area contributed by atoms with Crippen molar-refractivity contribution >= 4 is 17.2 Å². The van der Waals surface area contributed by atoms with E-state index in [2.05, 4.69) is 0 Å². The Morgan fingerprint density at radius 3 is 2.80 bits per heavy atom. The topological polar surface area (TPSA) is 73.7 Å². The van der Waals surface area contributed by atoms with Gasteiger partial charge in [0.15, 0.2) is 0 Å². The number of amidine groups is 1. The summed E-state index contributed by atoms with van der Waals surface area (Å²) in [6.07, 6.45) is 0. The molecule has 3 N–H and O–H groups in total. The van der Waals surface area contributed by atoms with Crippen LogP contribution in [0.4, 0.5) is 0 Å². The Labute approximate surface area is 62.2 Å². The maximum Gasteiger partial charge on any atom is 0.133 e. The molecule has 0 aliphatic rings. The standard InChI is InChI=1S/C6H5N3S/c7-2-4-1-5(6(8)9)10-3-4/h1,3H,(H3,8,9). The predicted octanol–water partition coefficient (Wildman–Crippen LogP) is 0.904. The molecule has 1 aromatic heterocycles. The van der Waals surface area contributed by atoms with Crippen LogP contribution < -0.4 is 5.73 Å². The van der Waals surface area contributed by atoms with Crippen molar-refractivity contribution in [2.45, 2.75) is 0 Å². The molecule has 0 radical (unpaired) electrons. The van der Waals surface area contributed by atoms with Gasteiger partial charge in [-0.25, -0.2) is 0 Å². The van der Waals surface area contributed by atoms with Crippen LogP contribution in [0.5, 0.6) is 0 Å². The Kier molecular flexibility index (Phi) is 1.69. The van der Waals surface area contributed by atoms with E-state index < -0.39 is 0 Å². The first-order valence-corrected chi connectivity index (χ1v) is 3.45. The van der Waals surface area contributed by atoms with Crippen molar-refractivity contribution in [1.29, 1.82) is 10.7 Å². The van der Waals surface area contributed by atoms with Crippen molar-refractivity contribution in [1.82, 2.24) is 0 Å². The van der Waals surface area contributed by atoms with Gasteiger partial charge in [-0.3, -0.25) is 5.41 Å². The molecule has 0 aromatic carbocycles. The minimum atomic E-state index is 0.0199. The summed E-state index contributed by atoms with van der Waals surface area (Å²) in [6.45, 7) is 0. The zero-order chi connectivity index (χ0) is 7.56. The summed E-state index contributed by atoms with van der Waals surface area (Å²) in [4.78, 5) is 0.650. The van der Waals surface area contributed by atoms with Crippen LogP contribution in [0.25, 0.3) is 0 Å². The molecule has 50 valence electrons. The quantitative estimate of drug-likeness (QED) is 0.462. The van der Waals surface area contributed by atoms with Crippen molar-refractivity contribution in [2.75, 3.05) is 0 Å². The first-order valence-electron chi connectivity index (χ1n) is 2.57. The van der Waals surface area contributed by atoms with Gasteiger partial charge in [0.2, 0.25) is 0 Å². The zero-order valence-corrected chi connectivity index (χ0v) is 5.90. The van der Waals surface area contributed by atoms with Gasteiger partial charge in [0.1, 0.15) is 11.9 Å². The second-order valence-electron chi connectivity index (χ2n) is 1.73. The van der Waals surface area contributed by atoms with Gasteiger partial charge in [0, 0.05) is 5.38 Å². The van der Waals surface area contributed by atoms with Gasteiger partial charge in [-0.15, -0.1) is 11.3 Å². The van der Waals surface area contributed by atoms with Gasteiger partial charge < -0.3 is 5.73 Å². The number of hydrogen-bond donors (Lipinski definition) is 2. The highest BCUT2D eigenvalue weighted by atomic mass is 32.1. The summed E-state index contributed by atoms with van der Waals surface area (Å²) >= 11 is 1.31. The van der Waals surface area contributed by atoms with Crippen LogP contribution in [0.2, 0.25) is 0 Å². The maximum absolute atomic E-state index is 8.38. The third-order valence-electron chi connectivity index (χ3n) is 0.994. The number of hydrogen-bond acceptors (Lipinski definition) is 3. The van der Waals surface area contributed by atoms with Crippen molar-refractivity contribution in [3.8, 4) is 6.07 Å². The van der Waals surface area contributed by atoms with Crippen molar-refractivity contribution < 1.29 is 0 Å². The summed E-state index contributed by atoms with van der Waals surface area (Å²) in [7, 11) is 0. The van der Waals surface area contributed by atoms with Crippen molar-refractivity contribution in [2.24, 2.45) is 5.73 Å². The normalized spacial score (nSPS) is 8.70. The van der Waals surface area contributed by atoms with Crippen LogP contribution in [-0.2, 0) is 0 Å². The average Bonchev–Trinajstić information content (AvgIpc) is 2.34. The number of nitrogens with two attached hydrogens (primary N) is 1. The molecule has 4 heteroatoms. The minimum absolute atomic E-state index is 0.0199. The fourth-order valence-electron chi connectivity index (χ4n) is 0.536. The summed E-state index contributed by atoms with van der Waals surface area (Å²) in [5, 5.41) is 17.1. The van der Waals surface area contributed by atoms with E-state index in [1.54, 1.807) is 11.4 Å². The number of thiophene rings is 1. The third-order valence-corrected chi connectivity index (χ3v) is 1.96. The molecular weight excluding hydrogens is 146 g/mol. The summed E-state index contributed by atoms with van der Waals surface area (Å²) in [5.41, 5.74) is 5.73. The Balaban J connectivity index is 3.02. The number of nitrogens with one attached hydrogen (secondary N) is 1. The molecule has 0 fully saturated rings. The SMILES string of the molecule is N#Cc1csc(C(=N)N)c1. The van der Waals surface area contributed by atoms with Crippen molar-refractivity contribution in [3.63, 3.8) is 0 Å². The monoisotopic (exact) mass is 151 g/mol. The van der Waals surface area contributed by atoms with Crippen molar-refractivity contribution in [3.05, 3.63) is 21.9 Å². The lowest BCUT2D eigenvalue weighted by molar-refractivity contribution is 1.45. The molecule has 0 unspecified atom stereocenters. The second-order valence-corrected chi connectivity index (χ2v) is 2.64. The molecule has 1 aromatic rings. The molecule has 0 spiro atoms. The molecule has 0 saturated heterocycles. The molecule has 1 rings (SSSR count). The second kappa shape index (κ2) is 2.50. The molecule has 0 aliphatic carbocycles. The number of nitrogens with zero attached hydrogens (tertiary/aromatic N) is 1. The largest absolute Gasteiger partial charge is 0.383 e. The first-order chi connectivity index (χ1) is 4.74. The van der Waals surface area contributed by atoms with Gasteiger partial charge in [0.25, 0.3) is 0 Å². The molecule has 0 saturated carbocycles. The van der Waals surface area contributed by atoms with Gasteiger partial charge >= 0.3 is 0 Å². The Bertz CT molecular complexity index is 294. The van der Waals surface area contributed by atoms with Crippen LogP contribution in [0.3, 0.4) is 0 Å².